The van der Waals surface area contributed by atoms with E-state index in [1.165, 1.54) is 23.1 Å². The standard InChI is InChI=1S/C36H31BrClN3O9/c37-27-18-34-33(49-21-50-34)16-24(27)7-11-35(43)40(13-12-23-6-10-31-32(15-23)48-20-47-31)19-30(42)29(14-22-4-2-1-3-5-22)39-36(44)26-9-8-25(41(45)46)17-28(26)38/h1-11,15-18,29-30,42H,12-14,19-21H2,(H,39,44)/b11-7+. The minimum absolute atomic E-state index is 0.00973. The van der Waals surface area contributed by atoms with Gasteiger partial charge in [-0.25, -0.2) is 0 Å². The number of nitro groups is 1. The fourth-order valence-electron chi connectivity index (χ4n) is 5.53. The maximum Gasteiger partial charge on any atom is 0.270 e. The average molecular weight is 765 g/mol. The van der Waals surface area contributed by atoms with Crippen LogP contribution in [0.5, 0.6) is 23.0 Å². The summed E-state index contributed by atoms with van der Waals surface area (Å²) in [6.07, 6.45) is 2.49. The van der Waals surface area contributed by atoms with Crippen molar-refractivity contribution in [1.29, 1.82) is 0 Å². The summed E-state index contributed by atoms with van der Waals surface area (Å²) in [6, 6.07) is 21.0. The summed E-state index contributed by atoms with van der Waals surface area (Å²) in [7, 11) is 0. The first kappa shape index (κ1) is 34.7. The molecule has 2 heterocycles. The minimum atomic E-state index is -1.23. The van der Waals surface area contributed by atoms with Gasteiger partial charge in [0.2, 0.25) is 19.5 Å². The Morgan fingerprint density at radius 2 is 1.64 bits per heavy atom. The van der Waals surface area contributed by atoms with Gasteiger partial charge in [-0.3, -0.25) is 19.7 Å². The van der Waals surface area contributed by atoms with E-state index in [9.17, 15) is 24.8 Å². The van der Waals surface area contributed by atoms with Crippen molar-refractivity contribution in [3.63, 3.8) is 0 Å². The molecule has 0 radical (unpaired) electrons. The van der Waals surface area contributed by atoms with E-state index >= 15 is 0 Å². The first-order valence-corrected chi connectivity index (χ1v) is 16.7. The average Bonchev–Trinajstić information content (AvgIpc) is 3.77. The number of hydrogen-bond donors (Lipinski definition) is 2. The first-order chi connectivity index (χ1) is 24.1. The van der Waals surface area contributed by atoms with Crippen molar-refractivity contribution < 1.29 is 38.6 Å². The van der Waals surface area contributed by atoms with Crippen molar-refractivity contribution in [2.75, 3.05) is 26.7 Å². The number of nitrogens with zero attached hydrogens (tertiary/aromatic N) is 2. The van der Waals surface area contributed by atoms with Gasteiger partial charge in [0.1, 0.15) is 0 Å². The molecule has 0 saturated carbocycles. The Labute approximate surface area is 300 Å². The maximum atomic E-state index is 13.8. The summed E-state index contributed by atoms with van der Waals surface area (Å²) in [6.45, 7) is 0.329. The van der Waals surface area contributed by atoms with Gasteiger partial charge in [-0.2, -0.15) is 0 Å². The van der Waals surface area contributed by atoms with Crippen LogP contribution in [0.25, 0.3) is 6.08 Å². The van der Waals surface area contributed by atoms with Gasteiger partial charge in [-0.15, -0.1) is 0 Å². The molecule has 14 heteroatoms. The molecule has 0 bridgehead atoms. The first-order valence-electron chi connectivity index (χ1n) is 15.6. The van der Waals surface area contributed by atoms with E-state index in [0.717, 1.165) is 17.2 Å². The number of halogens is 2. The van der Waals surface area contributed by atoms with Crippen LogP contribution in [0.1, 0.15) is 27.0 Å². The molecule has 2 N–H and O–H groups in total. The Bertz CT molecular complexity index is 1940. The number of rotatable bonds is 13. The second kappa shape index (κ2) is 15.6. The van der Waals surface area contributed by atoms with Gasteiger partial charge in [-0.05, 0) is 65.9 Å². The molecule has 12 nitrogen and oxygen atoms in total. The van der Waals surface area contributed by atoms with Crippen molar-refractivity contribution in [1.82, 2.24) is 10.2 Å². The molecule has 6 rings (SSSR count). The second-order valence-corrected chi connectivity index (χ2v) is 12.8. The molecule has 2 atom stereocenters. The number of non-ortho nitro benzene ring substituents is 1. The van der Waals surface area contributed by atoms with E-state index in [-0.39, 0.29) is 55.3 Å². The number of carbonyl (C=O) groups excluding carboxylic acids is 2. The number of carbonyl (C=O) groups is 2. The van der Waals surface area contributed by atoms with Crippen molar-refractivity contribution in [3.05, 3.63) is 127 Å². The van der Waals surface area contributed by atoms with Crippen molar-refractivity contribution in [2.24, 2.45) is 0 Å². The number of nitro benzene ring substituents is 1. The van der Waals surface area contributed by atoms with E-state index in [4.69, 9.17) is 30.5 Å². The summed E-state index contributed by atoms with van der Waals surface area (Å²) in [5, 5.41) is 25.6. The Morgan fingerprint density at radius 3 is 2.36 bits per heavy atom. The molecular formula is C36H31BrClN3O9. The minimum Gasteiger partial charge on any atom is -0.454 e. The zero-order chi connectivity index (χ0) is 35.2. The van der Waals surface area contributed by atoms with Gasteiger partial charge < -0.3 is 34.3 Å². The highest BCUT2D eigenvalue weighted by molar-refractivity contribution is 9.10. The molecule has 2 amide bonds. The molecule has 0 spiro atoms. The van der Waals surface area contributed by atoms with Crippen LogP contribution in [0.3, 0.4) is 0 Å². The summed E-state index contributed by atoms with van der Waals surface area (Å²) >= 11 is 9.77. The Balaban J connectivity index is 1.24. The molecule has 2 unspecified atom stereocenters. The van der Waals surface area contributed by atoms with Crippen LogP contribution < -0.4 is 24.3 Å². The lowest BCUT2D eigenvalue weighted by atomic mass is 9.99. The lowest BCUT2D eigenvalue weighted by molar-refractivity contribution is -0.384. The van der Waals surface area contributed by atoms with Gasteiger partial charge in [-0.1, -0.05) is 63.9 Å². The van der Waals surface area contributed by atoms with Crippen LogP contribution in [-0.2, 0) is 17.6 Å². The monoisotopic (exact) mass is 763 g/mol. The van der Waals surface area contributed by atoms with Gasteiger partial charge in [0, 0.05) is 35.8 Å². The number of benzene rings is 4. The summed E-state index contributed by atoms with van der Waals surface area (Å²) in [4.78, 5) is 39.3. The lowest BCUT2D eigenvalue weighted by Gasteiger charge is -2.30. The molecule has 50 heavy (non-hydrogen) atoms. The maximum absolute atomic E-state index is 13.8. The molecule has 2 aliphatic heterocycles. The van der Waals surface area contributed by atoms with Crippen LogP contribution in [-0.4, -0.2) is 65.6 Å². The highest BCUT2D eigenvalue weighted by Gasteiger charge is 2.28. The fraction of sp³-hybridized carbons (Fsp3) is 0.222. The summed E-state index contributed by atoms with van der Waals surface area (Å²) < 4.78 is 22.6. The normalized spacial score (nSPS) is 14.0. The molecular weight excluding hydrogens is 734 g/mol. The summed E-state index contributed by atoms with van der Waals surface area (Å²) in [5.74, 6) is 1.40. The van der Waals surface area contributed by atoms with Crippen molar-refractivity contribution >= 4 is 51.1 Å². The molecule has 4 aromatic carbocycles. The van der Waals surface area contributed by atoms with E-state index in [1.807, 2.05) is 48.5 Å². The molecule has 0 aromatic heterocycles. The largest absolute Gasteiger partial charge is 0.454 e. The Morgan fingerprint density at radius 1 is 0.940 bits per heavy atom. The highest BCUT2D eigenvalue weighted by atomic mass is 79.9. The predicted octanol–water partition coefficient (Wildman–Crippen LogP) is 5.95. The number of nitrogens with one attached hydrogen (secondary N) is 1. The highest BCUT2D eigenvalue weighted by Crippen LogP contribution is 2.37. The zero-order valence-electron chi connectivity index (χ0n) is 26.4. The van der Waals surface area contributed by atoms with Gasteiger partial charge in [0.15, 0.2) is 23.0 Å². The van der Waals surface area contributed by atoms with E-state index in [1.54, 1.807) is 18.2 Å². The molecule has 0 saturated heterocycles. The van der Waals surface area contributed by atoms with E-state index < -0.39 is 23.0 Å². The Hall–Kier alpha value is -5.11. The third-order valence-corrected chi connectivity index (χ3v) is 9.21. The number of fused-ring (bicyclic) bond motifs is 2. The third kappa shape index (κ3) is 8.36. The molecule has 4 aromatic rings. The van der Waals surface area contributed by atoms with E-state index in [0.29, 0.717) is 39.5 Å². The van der Waals surface area contributed by atoms with Crippen LogP contribution >= 0.6 is 27.5 Å². The second-order valence-electron chi connectivity index (χ2n) is 11.5. The number of ether oxygens (including phenoxy) is 4. The number of aliphatic hydroxyl groups is 1. The van der Waals surface area contributed by atoms with Crippen molar-refractivity contribution in [3.8, 4) is 23.0 Å². The van der Waals surface area contributed by atoms with E-state index in [2.05, 4.69) is 21.2 Å². The molecule has 258 valence electrons. The molecule has 2 aliphatic rings. The van der Waals surface area contributed by atoms with Crippen LogP contribution in [0, 0.1) is 10.1 Å². The number of hydrogen-bond acceptors (Lipinski definition) is 9. The smallest absolute Gasteiger partial charge is 0.270 e. The summed E-state index contributed by atoms with van der Waals surface area (Å²) in [5.41, 5.74) is 2.16. The van der Waals surface area contributed by atoms with Gasteiger partial charge in [0.25, 0.3) is 11.6 Å². The fourth-order valence-corrected chi connectivity index (χ4v) is 6.25. The van der Waals surface area contributed by atoms with Crippen LogP contribution in [0.4, 0.5) is 5.69 Å². The van der Waals surface area contributed by atoms with Crippen LogP contribution in [0.2, 0.25) is 5.02 Å². The van der Waals surface area contributed by atoms with Gasteiger partial charge in [0.05, 0.1) is 27.7 Å². The topological polar surface area (TPSA) is 150 Å². The third-order valence-electron chi connectivity index (χ3n) is 8.21. The van der Waals surface area contributed by atoms with Crippen molar-refractivity contribution in [2.45, 2.75) is 25.0 Å². The Kier molecular flexibility index (Phi) is 10.9. The zero-order valence-corrected chi connectivity index (χ0v) is 28.8. The molecule has 0 fully saturated rings. The lowest BCUT2D eigenvalue weighted by Crippen LogP contribution is -2.50. The molecule has 0 aliphatic carbocycles. The SMILES string of the molecule is O=C(NC(Cc1ccccc1)C(O)CN(CCc1ccc2c(c1)OCO2)C(=O)/C=C/c1cc2c(cc1Br)OCO2)c1ccc([N+](=O)[O-])cc1Cl. The number of aliphatic hydroxyl groups excluding tert-OH is 1. The number of amides is 2. The quantitative estimate of drug-likeness (QED) is 0.0957. The van der Waals surface area contributed by atoms with Crippen LogP contribution in [0.15, 0.2) is 89.4 Å². The predicted molar refractivity (Wildman–Crippen MR) is 188 cm³/mol. The van der Waals surface area contributed by atoms with Gasteiger partial charge >= 0.3 is 0 Å².